The molecule has 0 saturated heterocycles. The number of alkyl halides is 2. The summed E-state index contributed by atoms with van der Waals surface area (Å²) in [5.74, 6) is -1.16. The largest absolute Gasteiger partial charge is 0.508 e. The fourth-order valence-electron chi connectivity index (χ4n) is 2.57. The maximum absolute atomic E-state index is 14.6. The van der Waals surface area contributed by atoms with Crippen molar-refractivity contribution in [3.05, 3.63) is 69.0 Å². The minimum Gasteiger partial charge on any atom is -0.508 e. The summed E-state index contributed by atoms with van der Waals surface area (Å²) in [6.45, 7) is -2.01. The molecule has 0 spiro atoms. The first-order chi connectivity index (χ1) is 13.7. The molecule has 148 valence electrons. The molecule has 0 amide bonds. The number of benzene rings is 2. The molecule has 1 N–H and O–H groups in total. The number of aryl methyl sites for hydroxylation is 1. The van der Waals surface area contributed by atoms with Crippen LogP contribution in [-0.2, 0) is 0 Å². The Morgan fingerprint density at radius 1 is 1.28 bits per heavy atom. The summed E-state index contributed by atoms with van der Waals surface area (Å²) in [7, 11) is 0. The van der Waals surface area contributed by atoms with Gasteiger partial charge in [-0.05, 0) is 43.3 Å². The Labute approximate surface area is 167 Å². The van der Waals surface area contributed by atoms with E-state index in [0.717, 1.165) is 19.1 Å². The highest BCUT2D eigenvalue weighted by Gasteiger charge is 2.23. The average Bonchev–Trinajstić information content (AvgIpc) is 2.67. The summed E-state index contributed by atoms with van der Waals surface area (Å²) in [6.07, 6.45) is 0. The van der Waals surface area contributed by atoms with E-state index in [4.69, 9.17) is 16.3 Å². The monoisotopic (exact) mass is 421 g/mol. The van der Waals surface area contributed by atoms with E-state index in [1.165, 1.54) is 24.3 Å². The lowest BCUT2D eigenvalue weighted by Gasteiger charge is -2.14. The Balaban J connectivity index is 2.17. The lowest BCUT2D eigenvalue weighted by Crippen LogP contribution is -2.25. The number of rotatable bonds is 4. The SMILES string of the molecule is Cc1nc(-c2cc(Oc3ccc(O)cc3)c(C#N)cc2F)c(Cl)c(=O)n1C(F)F. The van der Waals surface area contributed by atoms with Crippen LogP contribution in [0.1, 0.15) is 17.9 Å². The molecule has 0 aliphatic carbocycles. The van der Waals surface area contributed by atoms with Crippen LogP contribution in [0, 0.1) is 24.1 Å². The third kappa shape index (κ3) is 3.88. The normalized spacial score (nSPS) is 10.8. The first-order valence-electron chi connectivity index (χ1n) is 8.00. The number of aromatic hydroxyl groups is 1. The number of ether oxygens (including phenoxy) is 1. The van der Waals surface area contributed by atoms with Crippen LogP contribution in [0.5, 0.6) is 17.2 Å². The van der Waals surface area contributed by atoms with Crippen LogP contribution >= 0.6 is 11.6 Å². The highest BCUT2D eigenvalue weighted by molar-refractivity contribution is 6.32. The minimum atomic E-state index is -3.17. The van der Waals surface area contributed by atoms with Crippen molar-refractivity contribution in [2.75, 3.05) is 0 Å². The third-order valence-electron chi connectivity index (χ3n) is 3.94. The zero-order valence-electron chi connectivity index (χ0n) is 14.7. The van der Waals surface area contributed by atoms with Gasteiger partial charge in [-0.25, -0.2) is 13.9 Å². The molecule has 0 aliphatic heterocycles. The smallest absolute Gasteiger partial charge is 0.322 e. The maximum atomic E-state index is 14.6. The van der Waals surface area contributed by atoms with E-state index in [0.29, 0.717) is 0 Å². The van der Waals surface area contributed by atoms with E-state index in [9.17, 15) is 28.3 Å². The van der Waals surface area contributed by atoms with Gasteiger partial charge in [0.25, 0.3) is 5.56 Å². The van der Waals surface area contributed by atoms with Crippen LogP contribution < -0.4 is 10.3 Å². The fourth-order valence-corrected chi connectivity index (χ4v) is 2.81. The van der Waals surface area contributed by atoms with E-state index in [1.54, 1.807) is 6.07 Å². The predicted molar refractivity (Wildman–Crippen MR) is 97.8 cm³/mol. The molecular weight excluding hydrogens is 411 g/mol. The van der Waals surface area contributed by atoms with Crippen molar-refractivity contribution in [3.63, 3.8) is 0 Å². The first-order valence-corrected chi connectivity index (χ1v) is 8.38. The van der Waals surface area contributed by atoms with Gasteiger partial charge in [0, 0.05) is 5.56 Å². The van der Waals surface area contributed by atoms with Gasteiger partial charge in [-0.1, -0.05) is 11.6 Å². The minimum absolute atomic E-state index is 0.0105. The van der Waals surface area contributed by atoms with Crippen LogP contribution in [0.4, 0.5) is 13.2 Å². The number of aromatic nitrogens is 2. The molecule has 10 heteroatoms. The van der Waals surface area contributed by atoms with Gasteiger partial charge in [0.05, 0.1) is 11.3 Å². The number of nitriles is 1. The van der Waals surface area contributed by atoms with Crippen molar-refractivity contribution in [2.45, 2.75) is 13.5 Å². The fraction of sp³-hybridized carbons (Fsp3) is 0.105. The lowest BCUT2D eigenvalue weighted by atomic mass is 10.1. The molecule has 3 aromatic rings. The second-order valence-electron chi connectivity index (χ2n) is 5.81. The van der Waals surface area contributed by atoms with Crippen molar-refractivity contribution in [1.82, 2.24) is 9.55 Å². The molecule has 0 fully saturated rings. The number of hydrogen-bond donors (Lipinski definition) is 1. The molecule has 0 saturated carbocycles. The number of hydrogen-bond acceptors (Lipinski definition) is 5. The molecule has 0 radical (unpaired) electrons. The molecule has 0 atom stereocenters. The van der Waals surface area contributed by atoms with Gasteiger partial charge < -0.3 is 9.84 Å². The molecular formula is C19H11ClF3N3O3. The number of phenols is 1. The summed E-state index contributed by atoms with van der Waals surface area (Å²) in [5, 5.41) is 17.9. The molecule has 0 bridgehead atoms. The Morgan fingerprint density at radius 3 is 2.52 bits per heavy atom. The molecule has 1 aromatic heterocycles. The molecule has 0 aliphatic rings. The van der Waals surface area contributed by atoms with Gasteiger partial charge >= 0.3 is 6.55 Å². The molecule has 3 rings (SSSR count). The Hall–Kier alpha value is -3.51. The average molecular weight is 422 g/mol. The topological polar surface area (TPSA) is 88.1 Å². The number of phenolic OH excluding ortho intramolecular Hbond substituents is 1. The zero-order valence-corrected chi connectivity index (χ0v) is 15.4. The van der Waals surface area contributed by atoms with E-state index >= 15 is 0 Å². The van der Waals surface area contributed by atoms with Crippen molar-refractivity contribution in [1.29, 1.82) is 5.26 Å². The van der Waals surface area contributed by atoms with E-state index in [2.05, 4.69) is 4.98 Å². The third-order valence-corrected chi connectivity index (χ3v) is 4.28. The van der Waals surface area contributed by atoms with Gasteiger partial charge in [-0.3, -0.25) is 4.79 Å². The second kappa shape index (κ2) is 7.85. The van der Waals surface area contributed by atoms with Crippen molar-refractivity contribution in [2.24, 2.45) is 0 Å². The zero-order chi connectivity index (χ0) is 21.3. The summed E-state index contributed by atoms with van der Waals surface area (Å²) in [5.41, 5.74) is -2.05. The van der Waals surface area contributed by atoms with Crippen LogP contribution in [0.15, 0.2) is 41.2 Å². The van der Waals surface area contributed by atoms with E-state index < -0.39 is 22.9 Å². The van der Waals surface area contributed by atoms with Gasteiger partial charge in [-0.15, -0.1) is 0 Å². The quantitative estimate of drug-likeness (QED) is 0.655. The Bertz CT molecular complexity index is 1190. The number of nitrogens with zero attached hydrogens (tertiary/aromatic N) is 3. The predicted octanol–water partition coefficient (Wildman–Crippen LogP) is 4.78. The van der Waals surface area contributed by atoms with Crippen LogP contribution in [0.2, 0.25) is 5.02 Å². The maximum Gasteiger partial charge on any atom is 0.322 e. The van der Waals surface area contributed by atoms with Crippen LogP contribution in [0.3, 0.4) is 0 Å². The van der Waals surface area contributed by atoms with Gasteiger partial charge in [0.15, 0.2) is 0 Å². The first kappa shape index (κ1) is 20.2. The molecule has 6 nitrogen and oxygen atoms in total. The van der Waals surface area contributed by atoms with Crippen LogP contribution in [-0.4, -0.2) is 14.7 Å². The van der Waals surface area contributed by atoms with Crippen molar-refractivity contribution >= 4 is 11.6 Å². The van der Waals surface area contributed by atoms with E-state index in [1.807, 2.05) is 0 Å². The lowest BCUT2D eigenvalue weighted by molar-refractivity contribution is 0.0628. The summed E-state index contributed by atoms with van der Waals surface area (Å²) >= 11 is 5.90. The van der Waals surface area contributed by atoms with Gasteiger partial charge in [0.1, 0.15) is 40.0 Å². The number of halogens is 4. The molecule has 1 heterocycles. The Kier molecular flexibility index (Phi) is 5.48. The molecule has 29 heavy (non-hydrogen) atoms. The molecule has 2 aromatic carbocycles. The highest BCUT2D eigenvalue weighted by atomic mass is 35.5. The standard InChI is InChI=1S/C19H11ClF3N3O3/c1-9-25-17(16(20)18(28)26(9)19(22)23)13-7-15(10(8-24)6-14(13)21)29-12-4-2-11(27)3-5-12/h2-7,19,27H,1H3. The van der Waals surface area contributed by atoms with Crippen LogP contribution in [0.25, 0.3) is 11.3 Å². The Morgan fingerprint density at radius 2 is 1.93 bits per heavy atom. The van der Waals surface area contributed by atoms with E-state index in [-0.39, 0.29) is 44.5 Å². The highest BCUT2D eigenvalue weighted by Crippen LogP contribution is 2.34. The van der Waals surface area contributed by atoms with Crippen molar-refractivity contribution < 1.29 is 23.0 Å². The van der Waals surface area contributed by atoms with Crippen molar-refractivity contribution in [3.8, 4) is 34.6 Å². The second-order valence-corrected chi connectivity index (χ2v) is 6.19. The van der Waals surface area contributed by atoms with Gasteiger partial charge in [0.2, 0.25) is 0 Å². The summed E-state index contributed by atoms with van der Waals surface area (Å²) in [6, 6.07) is 9.25. The molecule has 0 unspecified atom stereocenters. The summed E-state index contributed by atoms with van der Waals surface area (Å²) in [4.78, 5) is 16.0. The van der Waals surface area contributed by atoms with Gasteiger partial charge in [-0.2, -0.15) is 14.0 Å². The summed E-state index contributed by atoms with van der Waals surface area (Å²) < 4.78 is 46.3.